The Morgan fingerprint density at radius 2 is 2.19 bits per heavy atom. The molecule has 0 aliphatic rings. The van der Waals surface area contributed by atoms with E-state index in [0.717, 1.165) is 5.56 Å². The highest BCUT2D eigenvalue weighted by atomic mass is 79.9. The summed E-state index contributed by atoms with van der Waals surface area (Å²) in [5.74, 6) is 0.177. The minimum absolute atomic E-state index is 0.317. The first-order valence-corrected chi connectivity index (χ1v) is 6.23. The van der Waals surface area contributed by atoms with E-state index in [1.54, 1.807) is 26.2 Å². The molecule has 0 bridgehead atoms. The number of halogens is 2. The maximum absolute atomic E-state index is 11.6. The monoisotopic (exact) mass is 306 g/mol. The second-order valence-corrected chi connectivity index (χ2v) is 3.97. The van der Waals surface area contributed by atoms with Gasteiger partial charge in [0.1, 0.15) is 5.75 Å². The molecule has 0 aliphatic heterocycles. The molecule has 1 aromatic rings. The Balaban J connectivity index is 3.15. The molecule has 0 N–H and O–H groups in total. The molecule has 0 saturated carbocycles. The quantitative estimate of drug-likeness (QED) is 0.631. The van der Waals surface area contributed by atoms with Crippen molar-refractivity contribution in [3.63, 3.8) is 0 Å². The van der Waals surface area contributed by atoms with E-state index in [-0.39, 0.29) is 0 Å². The van der Waals surface area contributed by atoms with Gasteiger partial charge < -0.3 is 9.47 Å². The summed E-state index contributed by atoms with van der Waals surface area (Å²) in [6.45, 7) is 2.06. The van der Waals surface area contributed by atoms with Crippen molar-refractivity contribution in [1.29, 1.82) is 0 Å². The van der Waals surface area contributed by atoms with Crippen LogP contribution in [0.15, 0.2) is 12.1 Å². The van der Waals surface area contributed by atoms with Crippen molar-refractivity contribution in [2.75, 3.05) is 13.7 Å². The van der Waals surface area contributed by atoms with E-state index >= 15 is 0 Å². The summed E-state index contributed by atoms with van der Waals surface area (Å²) >= 11 is 9.31. The standard InChI is InChI=1S/C11H12BrClO3/c1-3-16-11(14)8-5-10(15-2)7(6-12)4-9(8)13/h4-5H,3,6H2,1-2H3. The molecule has 1 rings (SSSR count). The largest absolute Gasteiger partial charge is 0.496 e. The van der Waals surface area contributed by atoms with E-state index in [9.17, 15) is 4.79 Å². The van der Waals surface area contributed by atoms with Crippen LogP contribution in [0.2, 0.25) is 5.02 Å². The van der Waals surface area contributed by atoms with Gasteiger partial charge in [-0.25, -0.2) is 4.79 Å². The van der Waals surface area contributed by atoms with Crippen LogP contribution in [0, 0.1) is 0 Å². The van der Waals surface area contributed by atoms with Gasteiger partial charge in [-0.3, -0.25) is 0 Å². The van der Waals surface area contributed by atoms with Crippen LogP contribution < -0.4 is 4.74 Å². The van der Waals surface area contributed by atoms with Crippen LogP contribution in [0.1, 0.15) is 22.8 Å². The number of alkyl halides is 1. The third-order valence-electron chi connectivity index (χ3n) is 2.01. The number of benzene rings is 1. The Morgan fingerprint density at radius 1 is 1.50 bits per heavy atom. The Kier molecular flexibility index (Phi) is 5.09. The predicted octanol–water partition coefficient (Wildman–Crippen LogP) is 3.42. The fourth-order valence-corrected chi connectivity index (χ4v) is 1.96. The topological polar surface area (TPSA) is 35.5 Å². The van der Waals surface area contributed by atoms with E-state index < -0.39 is 5.97 Å². The molecule has 0 fully saturated rings. The fourth-order valence-electron chi connectivity index (χ4n) is 1.25. The predicted molar refractivity (Wildman–Crippen MR) is 66.6 cm³/mol. The number of hydrogen-bond acceptors (Lipinski definition) is 3. The van der Waals surface area contributed by atoms with Crippen LogP contribution >= 0.6 is 27.5 Å². The van der Waals surface area contributed by atoms with Crippen molar-refractivity contribution in [1.82, 2.24) is 0 Å². The number of methoxy groups -OCH3 is 1. The third kappa shape index (κ3) is 2.89. The van der Waals surface area contributed by atoms with Gasteiger partial charge in [0.15, 0.2) is 0 Å². The molecular weight excluding hydrogens is 295 g/mol. The molecule has 16 heavy (non-hydrogen) atoms. The zero-order valence-corrected chi connectivity index (χ0v) is 11.4. The van der Waals surface area contributed by atoms with E-state index in [4.69, 9.17) is 21.1 Å². The molecule has 0 radical (unpaired) electrons. The first-order valence-electron chi connectivity index (χ1n) is 4.73. The highest BCUT2D eigenvalue weighted by molar-refractivity contribution is 9.08. The van der Waals surface area contributed by atoms with Gasteiger partial charge >= 0.3 is 5.97 Å². The van der Waals surface area contributed by atoms with Gasteiger partial charge in [-0.05, 0) is 19.1 Å². The van der Waals surface area contributed by atoms with Crippen molar-refractivity contribution >= 4 is 33.5 Å². The van der Waals surface area contributed by atoms with Gasteiger partial charge in [0.05, 0.1) is 24.3 Å². The molecule has 0 unspecified atom stereocenters. The average Bonchev–Trinajstić information content (AvgIpc) is 2.28. The molecule has 88 valence electrons. The molecule has 0 aliphatic carbocycles. The van der Waals surface area contributed by atoms with E-state index in [0.29, 0.717) is 28.3 Å². The summed E-state index contributed by atoms with van der Waals surface area (Å²) in [7, 11) is 1.55. The van der Waals surface area contributed by atoms with Gasteiger partial charge in [0.25, 0.3) is 0 Å². The summed E-state index contributed by atoms with van der Waals surface area (Å²) < 4.78 is 10.1. The SMILES string of the molecule is CCOC(=O)c1cc(OC)c(CBr)cc1Cl. The smallest absolute Gasteiger partial charge is 0.339 e. The molecule has 5 heteroatoms. The van der Waals surface area contributed by atoms with Gasteiger partial charge in [-0.1, -0.05) is 27.5 Å². The van der Waals surface area contributed by atoms with Crippen LogP contribution in [-0.4, -0.2) is 19.7 Å². The van der Waals surface area contributed by atoms with Gasteiger partial charge in [0, 0.05) is 10.9 Å². The maximum atomic E-state index is 11.6. The van der Waals surface area contributed by atoms with Crippen molar-refractivity contribution in [2.24, 2.45) is 0 Å². The number of carbonyl (C=O) groups excluding carboxylic acids is 1. The molecule has 0 amide bonds. The van der Waals surface area contributed by atoms with Crippen molar-refractivity contribution in [3.05, 3.63) is 28.3 Å². The van der Waals surface area contributed by atoms with Crippen LogP contribution in [0.5, 0.6) is 5.75 Å². The molecule has 0 aromatic heterocycles. The summed E-state index contributed by atoms with van der Waals surface area (Å²) in [6, 6.07) is 3.29. The van der Waals surface area contributed by atoms with E-state index in [2.05, 4.69) is 15.9 Å². The minimum Gasteiger partial charge on any atom is -0.496 e. The molecule has 0 saturated heterocycles. The van der Waals surface area contributed by atoms with Gasteiger partial charge in [-0.15, -0.1) is 0 Å². The summed E-state index contributed by atoms with van der Waals surface area (Å²) in [5, 5.41) is 0.979. The van der Waals surface area contributed by atoms with Gasteiger partial charge in [-0.2, -0.15) is 0 Å². The third-order valence-corrected chi connectivity index (χ3v) is 2.93. The molecule has 1 aromatic carbocycles. The fraction of sp³-hybridized carbons (Fsp3) is 0.364. The van der Waals surface area contributed by atoms with Crippen molar-refractivity contribution in [2.45, 2.75) is 12.3 Å². The summed E-state index contributed by atoms with van der Waals surface area (Å²) in [5.41, 5.74) is 1.21. The lowest BCUT2D eigenvalue weighted by Crippen LogP contribution is -2.06. The van der Waals surface area contributed by atoms with Crippen molar-refractivity contribution in [3.8, 4) is 5.75 Å². The zero-order valence-electron chi connectivity index (χ0n) is 9.05. The highest BCUT2D eigenvalue weighted by Crippen LogP contribution is 2.29. The summed E-state index contributed by atoms with van der Waals surface area (Å²) in [6.07, 6.45) is 0. The van der Waals surface area contributed by atoms with Gasteiger partial charge in [0.2, 0.25) is 0 Å². The minimum atomic E-state index is -0.438. The maximum Gasteiger partial charge on any atom is 0.339 e. The summed E-state index contributed by atoms with van der Waals surface area (Å²) in [4.78, 5) is 11.6. The normalized spacial score (nSPS) is 10.0. The molecule has 0 heterocycles. The van der Waals surface area contributed by atoms with Crippen LogP contribution in [0.25, 0.3) is 0 Å². The number of ether oxygens (including phenoxy) is 2. The first kappa shape index (κ1) is 13.3. The van der Waals surface area contributed by atoms with Crippen LogP contribution in [0.4, 0.5) is 0 Å². The number of carbonyl (C=O) groups is 1. The van der Waals surface area contributed by atoms with Crippen molar-refractivity contribution < 1.29 is 14.3 Å². The zero-order chi connectivity index (χ0) is 12.1. The van der Waals surface area contributed by atoms with Crippen LogP contribution in [0.3, 0.4) is 0 Å². The molecule has 3 nitrogen and oxygen atoms in total. The lowest BCUT2D eigenvalue weighted by molar-refractivity contribution is 0.0526. The molecule has 0 atom stereocenters. The first-order chi connectivity index (χ1) is 7.63. The molecular formula is C11H12BrClO3. The Hall–Kier alpha value is -0.740. The average molecular weight is 308 g/mol. The number of esters is 1. The Morgan fingerprint density at radius 3 is 2.69 bits per heavy atom. The second-order valence-electron chi connectivity index (χ2n) is 3.00. The van der Waals surface area contributed by atoms with Crippen LogP contribution in [-0.2, 0) is 10.1 Å². The Bertz CT molecular complexity index is 393. The highest BCUT2D eigenvalue weighted by Gasteiger charge is 2.15. The Labute approximate surface area is 108 Å². The van der Waals surface area contributed by atoms with E-state index in [1.807, 2.05) is 0 Å². The lowest BCUT2D eigenvalue weighted by Gasteiger charge is -2.10. The lowest BCUT2D eigenvalue weighted by atomic mass is 10.1. The molecule has 0 spiro atoms. The number of rotatable bonds is 4. The van der Waals surface area contributed by atoms with E-state index in [1.165, 1.54) is 0 Å². The second kappa shape index (κ2) is 6.11. The number of hydrogen-bond donors (Lipinski definition) is 0.